The molecule has 0 aromatic heterocycles. The quantitative estimate of drug-likeness (QED) is 0.579. The molecule has 0 rings (SSSR count). The fourth-order valence-electron chi connectivity index (χ4n) is 0.409. The minimum absolute atomic E-state index is 0.109. The third-order valence-corrected chi connectivity index (χ3v) is 2.29. The molecule has 0 spiro atoms. The lowest BCUT2D eigenvalue weighted by Crippen LogP contribution is -2.23. The number of hydrogen-bond donors (Lipinski definition) is 2. The molecule has 2 nitrogen and oxygen atoms in total. The first kappa shape index (κ1) is 9.46. The summed E-state index contributed by atoms with van der Waals surface area (Å²) >= 11 is 3.99. The maximum Gasteiger partial charge on any atom is 0.0247 e. The Hall–Kier alpha value is 0.460. The van der Waals surface area contributed by atoms with Gasteiger partial charge in [0.2, 0.25) is 0 Å². The van der Waals surface area contributed by atoms with Crippen LogP contribution in [-0.4, -0.2) is 28.0 Å². The van der Waals surface area contributed by atoms with Gasteiger partial charge in [0.15, 0.2) is 0 Å². The van der Waals surface area contributed by atoms with Crippen LogP contribution >= 0.6 is 12.6 Å². The van der Waals surface area contributed by atoms with E-state index in [9.17, 15) is 4.21 Å². The molecule has 0 aliphatic heterocycles. The van der Waals surface area contributed by atoms with Crippen molar-refractivity contribution in [1.82, 2.24) is 0 Å². The van der Waals surface area contributed by atoms with Crippen molar-refractivity contribution in [3.63, 3.8) is 0 Å². The second kappa shape index (κ2) is 5.26. The van der Waals surface area contributed by atoms with E-state index in [0.29, 0.717) is 11.5 Å². The summed E-state index contributed by atoms with van der Waals surface area (Å²) < 4.78 is 10.5. The van der Waals surface area contributed by atoms with Gasteiger partial charge in [-0.25, -0.2) is 0 Å². The highest BCUT2D eigenvalue weighted by Crippen LogP contribution is 1.91. The van der Waals surface area contributed by atoms with E-state index in [1.54, 1.807) is 6.26 Å². The van der Waals surface area contributed by atoms with E-state index in [2.05, 4.69) is 12.6 Å². The molecular formula is C5H13NOS2. The Morgan fingerprint density at radius 2 is 2.33 bits per heavy atom. The van der Waals surface area contributed by atoms with Gasteiger partial charge in [0.05, 0.1) is 0 Å². The van der Waals surface area contributed by atoms with Gasteiger partial charge in [-0.05, 0) is 6.42 Å². The van der Waals surface area contributed by atoms with Crippen molar-refractivity contribution in [3.8, 4) is 0 Å². The SMILES string of the molecule is CS(=O)CC[C@H](N)CS. The van der Waals surface area contributed by atoms with Crippen molar-refractivity contribution in [1.29, 1.82) is 0 Å². The highest BCUT2D eigenvalue weighted by Gasteiger charge is 1.99. The average molecular weight is 167 g/mol. The van der Waals surface area contributed by atoms with Gasteiger partial charge in [-0.3, -0.25) is 4.21 Å². The molecule has 0 amide bonds. The topological polar surface area (TPSA) is 43.1 Å². The molecule has 0 saturated carbocycles. The lowest BCUT2D eigenvalue weighted by Gasteiger charge is -2.04. The molecule has 0 heterocycles. The predicted molar refractivity (Wildman–Crippen MR) is 45.4 cm³/mol. The molecule has 56 valence electrons. The van der Waals surface area contributed by atoms with Crippen molar-refractivity contribution in [3.05, 3.63) is 0 Å². The summed E-state index contributed by atoms with van der Waals surface area (Å²) in [7, 11) is -0.702. The zero-order valence-corrected chi connectivity index (χ0v) is 7.25. The van der Waals surface area contributed by atoms with Crippen LogP contribution in [0.3, 0.4) is 0 Å². The molecule has 0 aromatic rings. The number of rotatable bonds is 4. The molecule has 2 atom stereocenters. The monoisotopic (exact) mass is 167 g/mol. The van der Waals surface area contributed by atoms with Gasteiger partial charge >= 0.3 is 0 Å². The zero-order valence-electron chi connectivity index (χ0n) is 5.54. The molecule has 0 aromatic carbocycles. The van der Waals surface area contributed by atoms with E-state index in [1.807, 2.05) is 0 Å². The summed E-state index contributed by atoms with van der Waals surface area (Å²) in [5.74, 6) is 1.37. The van der Waals surface area contributed by atoms with Crippen LogP contribution in [0, 0.1) is 0 Å². The first-order valence-electron chi connectivity index (χ1n) is 2.83. The standard InChI is InChI=1S/C5H13NOS2/c1-9(7)3-2-5(6)4-8/h5,8H,2-4,6H2,1H3/t5-,9?/m0/s1. The van der Waals surface area contributed by atoms with E-state index >= 15 is 0 Å². The zero-order chi connectivity index (χ0) is 7.28. The molecule has 0 aliphatic carbocycles. The van der Waals surface area contributed by atoms with Crippen LogP contribution in [0.5, 0.6) is 0 Å². The second-order valence-corrected chi connectivity index (χ2v) is 3.93. The minimum atomic E-state index is -0.702. The van der Waals surface area contributed by atoms with Crippen molar-refractivity contribution < 1.29 is 4.21 Å². The lowest BCUT2D eigenvalue weighted by molar-refractivity contribution is 0.674. The fraction of sp³-hybridized carbons (Fsp3) is 1.00. The Morgan fingerprint density at radius 3 is 2.67 bits per heavy atom. The summed E-state index contributed by atoms with van der Waals surface area (Å²) in [5.41, 5.74) is 5.51. The number of thiol groups is 1. The first-order chi connectivity index (χ1) is 4.16. The molecular weight excluding hydrogens is 154 g/mol. The maximum absolute atomic E-state index is 10.5. The first-order valence-corrected chi connectivity index (χ1v) is 5.19. The van der Waals surface area contributed by atoms with Crippen LogP contribution in [0.25, 0.3) is 0 Å². The van der Waals surface area contributed by atoms with Crippen LogP contribution in [0.4, 0.5) is 0 Å². The summed E-state index contributed by atoms with van der Waals surface area (Å²) in [6.45, 7) is 0. The van der Waals surface area contributed by atoms with E-state index in [0.717, 1.165) is 6.42 Å². The predicted octanol–water partition coefficient (Wildman–Crippen LogP) is 0.0121. The summed E-state index contributed by atoms with van der Waals surface area (Å²) in [6, 6.07) is 0.109. The molecule has 0 saturated heterocycles. The normalized spacial score (nSPS) is 17.2. The third-order valence-electron chi connectivity index (χ3n) is 1.01. The minimum Gasteiger partial charge on any atom is -0.327 e. The molecule has 4 heteroatoms. The molecule has 2 N–H and O–H groups in total. The maximum atomic E-state index is 10.5. The van der Waals surface area contributed by atoms with Gasteiger partial charge in [0.1, 0.15) is 0 Å². The van der Waals surface area contributed by atoms with Crippen molar-refractivity contribution in [2.24, 2.45) is 5.73 Å². The summed E-state index contributed by atoms with van der Waals surface area (Å²) in [6.07, 6.45) is 2.50. The Morgan fingerprint density at radius 1 is 1.78 bits per heavy atom. The van der Waals surface area contributed by atoms with E-state index in [4.69, 9.17) is 5.73 Å². The Labute approximate surface area is 64.1 Å². The molecule has 1 unspecified atom stereocenters. The fourth-order valence-corrected chi connectivity index (χ4v) is 1.23. The Kier molecular flexibility index (Phi) is 5.53. The molecule has 0 fully saturated rings. The summed E-state index contributed by atoms with van der Waals surface area (Å²) in [4.78, 5) is 0. The molecule has 0 aliphatic rings. The van der Waals surface area contributed by atoms with Gasteiger partial charge in [-0.2, -0.15) is 12.6 Å². The van der Waals surface area contributed by atoms with Gasteiger partial charge in [-0.1, -0.05) is 0 Å². The highest BCUT2D eigenvalue weighted by atomic mass is 32.2. The lowest BCUT2D eigenvalue weighted by atomic mass is 10.3. The average Bonchev–Trinajstić information content (AvgIpc) is 1.83. The van der Waals surface area contributed by atoms with Crippen LogP contribution in [0.1, 0.15) is 6.42 Å². The van der Waals surface area contributed by atoms with Gasteiger partial charge in [0.25, 0.3) is 0 Å². The molecule has 0 radical (unpaired) electrons. The molecule has 0 bridgehead atoms. The van der Waals surface area contributed by atoms with E-state index < -0.39 is 10.8 Å². The van der Waals surface area contributed by atoms with Crippen LogP contribution in [0.15, 0.2) is 0 Å². The highest BCUT2D eigenvalue weighted by molar-refractivity contribution is 7.84. The third kappa shape index (κ3) is 6.34. The van der Waals surface area contributed by atoms with Crippen molar-refractivity contribution in [2.45, 2.75) is 12.5 Å². The van der Waals surface area contributed by atoms with E-state index in [1.165, 1.54) is 0 Å². The Bertz CT molecular complexity index is 97.0. The molecule has 9 heavy (non-hydrogen) atoms. The smallest absolute Gasteiger partial charge is 0.0247 e. The Balaban J connectivity index is 3.16. The van der Waals surface area contributed by atoms with E-state index in [-0.39, 0.29) is 6.04 Å². The van der Waals surface area contributed by atoms with Gasteiger partial charge in [-0.15, -0.1) is 0 Å². The number of nitrogens with two attached hydrogens (primary N) is 1. The van der Waals surface area contributed by atoms with Crippen LogP contribution < -0.4 is 5.73 Å². The van der Waals surface area contributed by atoms with Gasteiger partial charge < -0.3 is 5.73 Å². The van der Waals surface area contributed by atoms with Crippen molar-refractivity contribution in [2.75, 3.05) is 17.8 Å². The second-order valence-electron chi connectivity index (χ2n) is 2.01. The number of hydrogen-bond acceptors (Lipinski definition) is 3. The largest absolute Gasteiger partial charge is 0.327 e. The van der Waals surface area contributed by atoms with Gasteiger partial charge in [0, 0.05) is 34.6 Å². The van der Waals surface area contributed by atoms with Crippen LogP contribution in [0.2, 0.25) is 0 Å². The summed E-state index contributed by atoms with van der Waals surface area (Å²) in [5, 5.41) is 0. The van der Waals surface area contributed by atoms with Crippen molar-refractivity contribution >= 4 is 23.4 Å². The van der Waals surface area contributed by atoms with Crippen LogP contribution in [-0.2, 0) is 10.8 Å².